The van der Waals surface area contributed by atoms with E-state index in [0.29, 0.717) is 28.3 Å². The van der Waals surface area contributed by atoms with Crippen molar-refractivity contribution >= 4 is 29.3 Å². The van der Waals surface area contributed by atoms with Crippen molar-refractivity contribution in [2.45, 2.75) is 44.6 Å². The van der Waals surface area contributed by atoms with Gasteiger partial charge in [0.1, 0.15) is 5.75 Å². The van der Waals surface area contributed by atoms with E-state index >= 15 is 0 Å². The Kier molecular flexibility index (Phi) is 7.76. The minimum atomic E-state index is -0.335. The van der Waals surface area contributed by atoms with Crippen molar-refractivity contribution in [1.82, 2.24) is 20.1 Å². The zero-order chi connectivity index (χ0) is 21.5. The van der Waals surface area contributed by atoms with Crippen LogP contribution in [0.1, 0.15) is 44.3 Å². The van der Waals surface area contributed by atoms with E-state index < -0.39 is 0 Å². The van der Waals surface area contributed by atoms with E-state index in [2.05, 4.69) is 15.5 Å². The summed E-state index contributed by atoms with van der Waals surface area (Å²) in [7, 11) is 0. The fourth-order valence-electron chi connectivity index (χ4n) is 3.03. The molecule has 0 spiro atoms. The molecular formula is C22H25ClN4O2S. The Morgan fingerprint density at radius 1 is 1.13 bits per heavy atom. The molecule has 0 saturated carbocycles. The molecular weight excluding hydrogens is 420 g/mol. The molecule has 1 heterocycles. The summed E-state index contributed by atoms with van der Waals surface area (Å²) in [5, 5.41) is 12.8. The molecule has 1 aromatic heterocycles. The lowest BCUT2D eigenvalue weighted by molar-refractivity contribution is -0.119. The van der Waals surface area contributed by atoms with E-state index in [1.807, 2.05) is 73.9 Å². The number of amides is 1. The van der Waals surface area contributed by atoms with Crippen LogP contribution >= 0.6 is 23.4 Å². The summed E-state index contributed by atoms with van der Waals surface area (Å²) in [6.07, 6.45) is -0.335. The largest absolute Gasteiger partial charge is 0.481 e. The molecule has 0 aliphatic carbocycles. The average molecular weight is 445 g/mol. The summed E-state index contributed by atoms with van der Waals surface area (Å²) in [6, 6.07) is 17.2. The molecule has 2 aromatic carbocycles. The number of halogens is 1. The number of rotatable bonds is 9. The molecule has 6 nitrogen and oxygen atoms in total. The first-order chi connectivity index (χ1) is 14.5. The highest BCUT2D eigenvalue weighted by atomic mass is 35.5. The highest BCUT2D eigenvalue weighted by Crippen LogP contribution is 2.29. The first kappa shape index (κ1) is 22.2. The first-order valence-electron chi connectivity index (χ1n) is 9.81. The summed E-state index contributed by atoms with van der Waals surface area (Å²) in [6.45, 7) is 6.56. The van der Waals surface area contributed by atoms with Crippen LogP contribution in [0.4, 0.5) is 0 Å². The van der Waals surface area contributed by atoms with Crippen molar-refractivity contribution in [2.75, 3.05) is 5.75 Å². The lowest BCUT2D eigenvalue weighted by Crippen LogP contribution is -2.28. The van der Waals surface area contributed by atoms with Gasteiger partial charge in [-0.25, -0.2) is 0 Å². The van der Waals surface area contributed by atoms with E-state index in [9.17, 15) is 4.79 Å². The Morgan fingerprint density at radius 3 is 2.53 bits per heavy atom. The molecule has 158 valence electrons. The number of nitrogens with one attached hydrogen (secondary N) is 1. The van der Waals surface area contributed by atoms with Gasteiger partial charge in [0.05, 0.1) is 16.8 Å². The molecule has 3 rings (SSSR count). The number of aromatic nitrogens is 3. The monoisotopic (exact) mass is 444 g/mol. The maximum absolute atomic E-state index is 12.4. The number of carbonyl (C=O) groups is 1. The van der Waals surface area contributed by atoms with Crippen molar-refractivity contribution in [3.05, 3.63) is 71.0 Å². The molecule has 0 radical (unpaired) electrons. The van der Waals surface area contributed by atoms with E-state index in [1.165, 1.54) is 11.8 Å². The number of para-hydroxylation sites is 1. The fourth-order valence-corrected chi connectivity index (χ4v) is 4.03. The Bertz CT molecular complexity index is 980. The highest BCUT2D eigenvalue weighted by Gasteiger charge is 2.20. The van der Waals surface area contributed by atoms with Crippen molar-refractivity contribution in [2.24, 2.45) is 0 Å². The van der Waals surface area contributed by atoms with Crippen LogP contribution in [0.5, 0.6) is 5.75 Å². The second kappa shape index (κ2) is 10.5. The van der Waals surface area contributed by atoms with Crippen LogP contribution in [0, 0.1) is 0 Å². The van der Waals surface area contributed by atoms with E-state index in [0.717, 1.165) is 5.56 Å². The molecule has 30 heavy (non-hydrogen) atoms. The first-order valence-corrected chi connectivity index (χ1v) is 11.2. The maximum atomic E-state index is 12.4. The van der Waals surface area contributed by atoms with Gasteiger partial charge in [-0.2, -0.15) is 0 Å². The Morgan fingerprint density at radius 2 is 1.83 bits per heavy atom. The van der Waals surface area contributed by atoms with Crippen molar-refractivity contribution < 1.29 is 9.53 Å². The number of carbonyl (C=O) groups excluding carboxylic acids is 1. The van der Waals surface area contributed by atoms with Crippen LogP contribution < -0.4 is 10.1 Å². The number of benzene rings is 2. The van der Waals surface area contributed by atoms with Gasteiger partial charge in [0.25, 0.3) is 0 Å². The standard InChI is InChI=1S/C22H25ClN4O2S/c1-4-27-21(16(3)29-19-13-9-8-12-18(19)23)25-26-22(27)30-14-20(28)24-15(2)17-10-6-5-7-11-17/h5-13,15-16H,4,14H2,1-3H3,(H,24,28). The number of ether oxygens (including phenoxy) is 1. The van der Waals surface area contributed by atoms with Gasteiger partial charge in [-0.15, -0.1) is 10.2 Å². The van der Waals surface area contributed by atoms with Crippen LogP contribution in [-0.2, 0) is 11.3 Å². The Hall–Kier alpha value is -2.51. The highest BCUT2D eigenvalue weighted by molar-refractivity contribution is 7.99. The lowest BCUT2D eigenvalue weighted by Gasteiger charge is -2.16. The summed E-state index contributed by atoms with van der Waals surface area (Å²) in [5.41, 5.74) is 1.07. The van der Waals surface area contributed by atoms with Crippen molar-refractivity contribution in [3.8, 4) is 5.75 Å². The molecule has 0 aliphatic heterocycles. The summed E-state index contributed by atoms with van der Waals surface area (Å²) < 4.78 is 7.93. The van der Waals surface area contributed by atoms with Gasteiger partial charge in [0, 0.05) is 6.54 Å². The molecule has 0 aliphatic rings. The lowest BCUT2D eigenvalue weighted by atomic mass is 10.1. The molecule has 0 fully saturated rings. The SMILES string of the molecule is CCn1c(SCC(=O)NC(C)c2ccccc2)nnc1C(C)Oc1ccccc1Cl. The van der Waals surface area contributed by atoms with Crippen LogP contribution in [0.3, 0.4) is 0 Å². The molecule has 1 amide bonds. The van der Waals surface area contributed by atoms with Crippen LogP contribution in [0.15, 0.2) is 59.8 Å². The molecule has 2 atom stereocenters. The van der Waals surface area contributed by atoms with Gasteiger partial charge in [0.2, 0.25) is 5.91 Å². The van der Waals surface area contributed by atoms with Crippen LogP contribution in [-0.4, -0.2) is 26.4 Å². The zero-order valence-electron chi connectivity index (χ0n) is 17.2. The Labute approximate surface area is 186 Å². The van der Waals surface area contributed by atoms with E-state index in [4.69, 9.17) is 16.3 Å². The molecule has 3 aromatic rings. The van der Waals surface area contributed by atoms with E-state index in [1.54, 1.807) is 6.07 Å². The Balaban J connectivity index is 1.61. The summed E-state index contributed by atoms with van der Waals surface area (Å²) in [4.78, 5) is 12.4. The van der Waals surface area contributed by atoms with Gasteiger partial charge in [-0.1, -0.05) is 65.8 Å². The van der Waals surface area contributed by atoms with Crippen molar-refractivity contribution in [1.29, 1.82) is 0 Å². The minimum absolute atomic E-state index is 0.0519. The zero-order valence-corrected chi connectivity index (χ0v) is 18.8. The molecule has 1 N–H and O–H groups in total. The topological polar surface area (TPSA) is 69.0 Å². The van der Waals surface area contributed by atoms with E-state index in [-0.39, 0.29) is 23.8 Å². The second-order valence-electron chi connectivity index (χ2n) is 6.76. The predicted octanol–water partition coefficient (Wildman–Crippen LogP) is 5.06. The van der Waals surface area contributed by atoms with Gasteiger partial charge in [-0.05, 0) is 38.5 Å². The summed E-state index contributed by atoms with van der Waals surface area (Å²) >= 11 is 7.55. The maximum Gasteiger partial charge on any atom is 0.230 e. The number of nitrogens with zero attached hydrogens (tertiary/aromatic N) is 3. The smallest absolute Gasteiger partial charge is 0.230 e. The number of thioether (sulfide) groups is 1. The fraction of sp³-hybridized carbons (Fsp3) is 0.318. The normalized spacial score (nSPS) is 12.9. The van der Waals surface area contributed by atoms with Gasteiger partial charge >= 0.3 is 0 Å². The minimum Gasteiger partial charge on any atom is -0.481 e. The third-order valence-electron chi connectivity index (χ3n) is 4.58. The second-order valence-corrected chi connectivity index (χ2v) is 8.11. The van der Waals surface area contributed by atoms with Crippen LogP contribution in [0.2, 0.25) is 5.02 Å². The molecule has 2 unspecified atom stereocenters. The van der Waals surface area contributed by atoms with Gasteiger partial charge in [0.15, 0.2) is 17.1 Å². The number of hydrogen-bond acceptors (Lipinski definition) is 5. The van der Waals surface area contributed by atoms with Gasteiger partial charge in [-0.3, -0.25) is 4.79 Å². The van der Waals surface area contributed by atoms with Crippen LogP contribution in [0.25, 0.3) is 0 Å². The molecule has 0 saturated heterocycles. The predicted molar refractivity (Wildman–Crippen MR) is 120 cm³/mol. The third kappa shape index (κ3) is 5.55. The molecule has 8 heteroatoms. The summed E-state index contributed by atoms with van der Waals surface area (Å²) in [5.74, 6) is 1.50. The number of hydrogen-bond donors (Lipinski definition) is 1. The van der Waals surface area contributed by atoms with Gasteiger partial charge < -0.3 is 14.6 Å². The average Bonchev–Trinajstić information content (AvgIpc) is 3.17. The molecule has 0 bridgehead atoms. The third-order valence-corrected chi connectivity index (χ3v) is 5.85. The quantitative estimate of drug-likeness (QED) is 0.467. The van der Waals surface area contributed by atoms with Crippen molar-refractivity contribution in [3.63, 3.8) is 0 Å².